The van der Waals surface area contributed by atoms with E-state index in [1.54, 1.807) is 0 Å². The fourth-order valence-corrected chi connectivity index (χ4v) is 3.07. The fourth-order valence-electron chi connectivity index (χ4n) is 3.07. The van der Waals surface area contributed by atoms with Crippen molar-refractivity contribution in [3.05, 3.63) is 0 Å². The van der Waals surface area contributed by atoms with E-state index >= 15 is 0 Å². The van der Waals surface area contributed by atoms with Crippen LogP contribution < -0.4 is 5.73 Å². The normalized spacial score (nSPS) is 24.2. The van der Waals surface area contributed by atoms with Gasteiger partial charge in [0.2, 0.25) is 0 Å². The van der Waals surface area contributed by atoms with Gasteiger partial charge >= 0.3 is 0 Å². The Labute approximate surface area is 101 Å². The second kappa shape index (κ2) is 6.02. The van der Waals surface area contributed by atoms with E-state index in [1.165, 1.54) is 58.0 Å². The largest absolute Gasteiger partial charge is 0.326 e. The van der Waals surface area contributed by atoms with E-state index in [0.29, 0.717) is 6.04 Å². The molecule has 2 fully saturated rings. The SMILES string of the molecule is CCCN(CC1CC1)CC(N)C1CCCC1. The van der Waals surface area contributed by atoms with Crippen LogP contribution in [0.4, 0.5) is 0 Å². The van der Waals surface area contributed by atoms with Gasteiger partial charge in [0.25, 0.3) is 0 Å². The van der Waals surface area contributed by atoms with E-state index in [0.717, 1.165) is 18.4 Å². The van der Waals surface area contributed by atoms with Crippen LogP contribution in [0.1, 0.15) is 51.9 Å². The Kier molecular flexibility index (Phi) is 4.66. The molecule has 0 saturated heterocycles. The summed E-state index contributed by atoms with van der Waals surface area (Å²) >= 11 is 0. The van der Waals surface area contributed by atoms with Gasteiger partial charge in [-0.2, -0.15) is 0 Å². The number of rotatable bonds is 7. The minimum Gasteiger partial charge on any atom is -0.326 e. The highest BCUT2D eigenvalue weighted by Gasteiger charge is 2.27. The van der Waals surface area contributed by atoms with Gasteiger partial charge in [0.15, 0.2) is 0 Å². The van der Waals surface area contributed by atoms with Crippen molar-refractivity contribution >= 4 is 0 Å². The van der Waals surface area contributed by atoms with Crippen LogP contribution in [0.2, 0.25) is 0 Å². The maximum absolute atomic E-state index is 6.36. The first-order valence-electron chi connectivity index (χ1n) is 7.27. The van der Waals surface area contributed by atoms with Crippen LogP contribution in [-0.2, 0) is 0 Å². The van der Waals surface area contributed by atoms with Crippen molar-refractivity contribution in [2.75, 3.05) is 19.6 Å². The van der Waals surface area contributed by atoms with Gasteiger partial charge < -0.3 is 10.6 Å². The average Bonchev–Trinajstić information content (AvgIpc) is 2.91. The first-order valence-corrected chi connectivity index (χ1v) is 7.27. The Morgan fingerprint density at radius 3 is 2.44 bits per heavy atom. The highest BCUT2D eigenvalue weighted by molar-refractivity contribution is 4.83. The first kappa shape index (κ1) is 12.4. The average molecular weight is 224 g/mol. The Balaban J connectivity index is 1.73. The molecule has 0 aromatic carbocycles. The zero-order chi connectivity index (χ0) is 11.4. The molecule has 2 N–H and O–H groups in total. The lowest BCUT2D eigenvalue weighted by Crippen LogP contribution is -2.42. The Morgan fingerprint density at radius 1 is 1.19 bits per heavy atom. The summed E-state index contributed by atoms with van der Waals surface area (Å²) in [5.74, 6) is 1.82. The summed E-state index contributed by atoms with van der Waals surface area (Å²) in [5.41, 5.74) is 6.36. The molecule has 94 valence electrons. The molecule has 0 bridgehead atoms. The second-order valence-electron chi connectivity index (χ2n) is 5.91. The number of nitrogens with two attached hydrogens (primary N) is 1. The molecule has 2 aliphatic carbocycles. The van der Waals surface area contributed by atoms with Gasteiger partial charge in [0.05, 0.1) is 0 Å². The second-order valence-corrected chi connectivity index (χ2v) is 5.91. The van der Waals surface area contributed by atoms with Crippen molar-refractivity contribution in [3.63, 3.8) is 0 Å². The van der Waals surface area contributed by atoms with E-state index in [9.17, 15) is 0 Å². The van der Waals surface area contributed by atoms with E-state index in [1.807, 2.05) is 0 Å². The van der Waals surface area contributed by atoms with E-state index in [-0.39, 0.29) is 0 Å². The highest BCUT2D eigenvalue weighted by atomic mass is 15.1. The Bertz CT molecular complexity index is 195. The number of hydrogen-bond donors (Lipinski definition) is 1. The van der Waals surface area contributed by atoms with Crippen molar-refractivity contribution in [3.8, 4) is 0 Å². The van der Waals surface area contributed by atoms with Crippen molar-refractivity contribution < 1.29 is 0 Å². The predicted molar refractivity (Wildman–Crippen MR) is 69.4 cm³/mol. The Hall–Kier alpha value is -0.0800. The third-order valence-corrected chi connectivity index (χ3v) is 4.23. The summed E-state index contributed by atoms with van der Waals surface area (Å²) < 4.78 is 0. The summed E-state index contributed by atoms with van der Waals surface area (Å²) in [6.07, 6.45) is 9.76. The van der Waals surface area contributed by atoms with Crippen molar-refractivity contribution in [2.24, 2.45) is 17.6 Å². The topological polar surface area (TPSA) is 29.3 Å². The van der Waals surface area contributed by atoms with Gasteiger partial charge in [-0.3, -0.25) is 0 Å². The molecule has 2 nitrogen and oxygen atoms in total. The van der Waals surface area contributed by atoms with Gasteiger partial charge in [-0.15, -0.1) is 0 Å². The van der Waals surface area contributed by atoms with Crippen molar-refractivity contribution in [2.45, 2.75) is 57.9 Å². The molecule has 0 aliphatic heterocycles. The molecular formula is C14H28N2. The zero-order valence-corrected chi connectivity index (χ0v) is 10.8. The van der Waals surface area contributed by atoms with Crippen LogP contribution in [0.3, 0.4) is 0 Å². The van der Waals surface area contributed by atoms with Gasteiger partial charge in [-0.1, -0.05) is 19.8 Å². The molecule has 0 aromatic rings. The lowest BCUT2D eigenvalue weighted by molar-refractivity contribution is 0.222. The molecule has 1 atom stereocenters. The van der Waals surface area contributed by atoms with Gasteiger partial charge in [0, 0.05) is 19.1 Å². The number of nitrogens with zero attached hydrogens (tertiary/aromatic N) is 1. The van der Waals surface area contributed by atoms with Crippen LogP contribution in [0.25, 0.3) is 0 Å². The lowest BCUT2D eigenvalue weighted by atomic mass is 9.98. The molecule has 2 aliphatic rings. The molecule has 1 unspecified atom stereocenters. The monoisotopic (exact) mass is 224 g/mol. The van der Waals surface area contributed by atoms with E-state index in [4.69, 9.17) is 5.73 Å². The minimum atomic E-state index is 0.438. The molecule has 0 radical (unpaired) electrons. The zero-order valence-electron chi connectivity index (χ0n) is 10.8. The maximum atomic E-state index is 6.36. The molecule has 2 rings (SSSR count). The van der Waals surface area contributed by atoms with Crippen LogP contribution in [0.5, 0.6) is 0 Å². The summed E-state index contributed by atoms with van der Waals surface area (Å²) in [6, 6.07) is 0.438. The third-order valence-electron chi connectivity index (χ3n) is 4.23. The molecule has 0 spiro atoms. The smallest absolute Gasteiger partial charge is 0.0196 e. The summed E-state index contributed by atoms with van der Waals surface area (Å²) in [4.78, 5) is 2.63. The quantitative estimate of drug-likeness (QED) is 0.720. The van der Waals surface area contributed by atoms with E-state index < -0.39 is 0 Å². The van der Waals surface area contributed by atoms with Gasteiger partial charge in [0.1, 0.15) is 0 Å². The van der Waals surface area contributed by atoms with Crippen LogP contribution >= 0.6 is 0 Å². The number of hydrogen-bond acceptors (Lipinski definition) is 2. The third kappa shape index (κ3) is 3.74. The lowest BCUT2D eigenvalue weighted by Gasteiger charge is -2.28. The van der Waals surface area contributed by atoms with Crippen LogP contribution in [-0.4, -0.2) is 30.6 Å². The molecule has 2 heteroatoms. The van der Waals surface area contributed by atoms with Gasteiger partial charge in [-0.25, -0.2) is 0 Å². The summed E-state index contributed by atoms with van der Waals surface area (Å²) in [7, 11) is 0. The van der Waals surface area contributed by atoms with Crippen molar-refractivity contribution in [1.29, 1.82) is 0 Å². The first-order chi connectivity index (χ1) is 7.79. The van der Waals surface area contributed by atoms with E-state index in [2.05, 4.69) is 11.8 Å². The van der Waals surface area contributed by atoms with Crippen molar-refractivity contribution in [1.82, 2.24) is 4.90 Å². The molecule has 0 amide bonds. The molecule has 0 heterocycles. The summed E-state index contributed by atoms with van der Waals surface area (Å²) in [6.45, 7) is 5.99. The highest BCUT2D eigenvalue weighted by Crippen LogP contribution is 2.31. The molecule has 2 saturated carbocycles. The fraction of sp³-hybridized carbons (Fsp3) is 1.00. The van der Waals surface area contributed by atoms with Crippen LogP contribution in [0.15, 0.2) is 0 Å². The van der Waals surface area contributed by atoms with Crippen LogP contribution in [0, 0.1) is 11.8 Å². The van der Waals surface area contributed by atoms with Gasteiger partial charge in [-0.05, 0) is 50.5 Å². The molecule has 16 heavy (non-hydrogen) atoms. The minimum absolute atomic E-state index is 0.438. The predicted octanol–water partition coefficient (Wildman–Crippen LogP) is 2.63. The molecule has 0 aromatic heterocycles. The Morgan fingerprint density at radius 2 is 1.88 bits per heavy atom. The molecular weight excluding hydrogens is 196 g/mol. The standard InChI is InChI=1S/C14H28N2/c1-2-9-16(10-12-7-8-12)11-14(15)13-5-3-4-6-13/h12-14H,2-11,15H2,1H3. The maximum Gasteiger partial charge on any atom is 0.0196 e. The summed E-state index contributed by atoms with van der Waals surface area (Å²) in [5, 5.41) is 0.